The van der Waals surface area contributed by atoms with E-state index in [2.05, 4.69) is 15.3 Å². The number of aromatic nitrogens is 3. The van der Waals surface area contributed by atoms with Gasteiger partial charge in [0.25, 0.3) is 11.5 Å². The van der Waals surface area contributed by atoms with Crippen LogP contribution in [0, 0.1) is 20.8 Å². The normalized spacial score (nSPS) is 11.2. The quantitative estimate of drug-likeness (QED) is 0.549. The first-order valence-corrected chi connectivity index (χ1v) is 9.75. The number of benzene rings is 1. The van der Waals surface area contributed by atoms with Crippen LogP contribution in [0.2, 0.25) is 0 Å². The highest BCUT2D eigenvalue weighted by Crippen LogP contribution is 2.21. The van der Waals surface area contributed by atoms with Gasteiger partial charge in [-0.2, -0.15) is 0 Å². The van der Waals surface area contributed by atoms with Gasteiger partial charge in [0.05, 0.1) is 10.9 Å². The standard InChI is InChI=1S/C23H22N4O3/c1-5-27-11-18(20(28)17-8-6-12(2)24-21(17)27)23(30)25-15-7-9-16-13(3)14(4)22(29)26-19(16)10-15/h6-11H,5H2,1-4H3,(H,25,30)(H,26,29). The topological polar surface area (TPSA) is 96.9 Å². The summed E-state index contributed by atoms with van der Waals surface area (Å²) in [5.74, 6) is -0.504. The van der Waals surface area contributed by atoms with Gasteiger partial charge in [-0.05, 0) is 57.5 Å². The first-order chi connectivity index (χ1) is 14.3. The maximum absolute atomic E-state index is 12.9. The van der Waals surface area contributed by atoms with Gasteiger partial charge in [0.2, 0.25) is 5.43 Å². The highest BCUT2D eigenvalue weighted by atomic mass is 16.2. The second kappa shape index (κ2) is 7.26. The van der Waals surface area contributed by atoms with E-state index >= 15 is 0 Å². The fourth-order valence-corrected chi connectivity index (χ4v) is 3.60. The maximum Gasteiger partial charge on any atom is 0.261 e. The molecule has 0 fully saturated rings. The Bertz CT molecular complexity index is 1450. The van der Waals surface area contributed by atoms with Crippen molar-refractivity contribution in [1.82, 2.24) is 14.5 Å². The summed E-state index contributed by atoms with van der Waals surface area (Å²) in [6.07, 6.45) is 1.54. The minimum absolute atomic E-state index is 0.0451. The minimum Gasteiger partial charge on any atom is -0.332 e. The SMILES string of the molecule is CCn1cc(C(=O)Nc2ccc3c(C)c(C)c(=O)[nH]c3c2)c(=O)c2ccc(C)nc21. The molecular formula is C23H22N4O3. The molecule has 7 nitrogen and oxygen atoms in total. The van der Waals surface area contributed by atoms with E-state index in [4.69, 9.17) is 0 Å². The monoisotopic (exact) mass is 402 g/mol. The van der Waals surface area contributed by atoms with Gasteiger partial charge in [-0.15, -0.1) is 0 Å². The molecule has 30 heavy (non-hydrogen) atoms. The second-order valence-corrected chi connectivity index (χ2v) is 7.40. The lowest BCUT2D eigenvalue weighted by molar-refractivity contribution is 0.102. The van der Waals surface area contributed by atoms with E-state index in [9.17, 15) is 14.4 Å². The lowest BCUT2D eigenvalue weighted by atomic mass is 10.1. The van der Waals surface area contributed by atoms with E-state index < -0.39 is 5.91 Å². The van der Waals surface area contributed by atoms with Crippen LogP contribution in [0.25, 0.3) is 21.9 Å². The van der Waals surface area contributed by atoms with Gasteiger partial charge in [-0.25, -0.2) is 4.98 Å². The number of pyridine rings is 3. The van der Waals surface area contributed by atoms with Crippen LogP contribution in [0.5, 0.6) is 0 Å². The molecule has 1 amide bonds. The van der Waals surface area contributed by atoms with Crippen LogP contribution in [0.3, 0.4) is 0 Å². The lowest BCUT2D eigenvalue weighted by Gasteiger charge is -2.12. The van der Waals surface area contributed by atoms with Crippen LogP contribution in [0.4, 0.5) is 5.69 Å². The molecule has 0 saturated carbocycles. The van der Waals surface area contributed by atoms with Crippen molar-refractivity contribution in [3.05, 3.63) is 79.5 Å². The molecule has 0 bridgehead atoms. The van der Waals surface area contributed by atoms with E-state index in [1.807, 2.05) is 26.8 Å². The van der Waals surface area contributed by atoms with Crippen molar-refractivity contribution >= 4 is 33.5 Å². The molecule has 0 aliphatic carbocycles. The number of H-pyrrole nitrogens is 1. The maximum atomic E-state index is 12.9. The third kappa shape index (κ3) is 3.18. The molecule has 1 aromatic carbocycles. The Morgan fingerprint density at radius 3 is 2.53 bits per heavy atom. The second-order valence-electron chi connectivity index (χ2n) is 7.40. The van der Waals surface area contributed by atoms with Gasteiger partial charge in [-0.3, -0.25) is 14.4 Å². The third-order valence-electron chi connectivity index (χ3n) is 5.48. The Morgan fingerprint density at radius 2 is 1.80 bits per heavy atom. The Balaban J connectivity index is 1.77. The number of anilines is 1. The van der Waals surface area contributed by atoms with Crippen molar-refractivity contribution < 1.29 is 4.79 Å². The van der Waals surface area contributed by atoms with E-state index in [0.29, 0.717) is 34.3 Å². The van der Waals surface area contributed by atoms with Crippen molar-refractivity contribution in [1.29, 1.82) is 0 Å². The molecule has 0 spiro atoms. The van der Waals surface area contributed by atoms with Crippen molar-refractivity contribution in [2.45, 2.75) is 34.2 Å². The summed E-state index contributed by atoms with van der Waals surface area (Å²) in [5.41, 5.74) is 3.58. The molecule has 3 heterocycles. The first kappa shape index (κ1) is 19.6. The zero-order valence-corrected chi connectivity index (χ0v) is 17.3. The molecule has 0 aliphatic heterocycles. The zero-order valence-electron chi connectivity index (χ0n) is 17.3. The summed E-state index contributed by atoms with van der Waals surface area (Å²) in [6, 6.07) is 8.77. The summed E-state index contributed by atoms with van der Waals surface area (Å²) in [4.78, 5) is 45.2. The molecule has 0 saturated heterocycles. The number of fused-ring (bicyclic) bond motifs is 2. The third-order valence-corrected chi connectivity index (χ3v) is 5.48. The number of aryl methyl sites for hydroxylation is 3. The summed E-state index contributed by atoms with van der Waals surface area (Å²) < 4.78 is 1.79. The molecule has 0 radical (unpaired) electrons. The smallest absolute Gasteiger partial charge is 0.261 e. The number of nitrogens with zero attached hydrogens (tertiary/aromatic N) is 2. The van der Waals surface area contributed by atoms with E-state index in [-0.39, 0.29) is 16.6 Å². The molecule has 152 valence electrons. The number of rotatable bonds is 3. The Kier molecular flexibility index (Phi) is 4.73. The van der Waals surface area contributed by atoms with E-state index in [1.54, 1.807) is 42.0 Å². The van der Waals surface area contributed by atoms with Gasteiger partial charge < -0.3 is 14.9 Å². The number of nitrogens with one attached hydrogen (secondary N) is 2. The van der Waals surface area contributed by atoms with Gasteiger partial charge in [-0.1, -0.05) is 6.07 Å². The number of amides is 1. The Hall–Kier alpha value is -3.74. The van der Waals surface area contributed by atoms with Crippen molar-refractivity contribution in [2.24, 2.45) is 0 Å². The van der Waals surface area contributed by atoms with E-state index in [1.165, 1.54) is 0 Å². The molecular weight excluding hydrogens is 380 g/mol. The number of carbonyl (C=O) groups is 1. The number of hydrogen-bond donors (Lipinski definition) is 2. The number of aromatic amines is 1. The number of hydrogen-bond acceptors (Lipinski definition) is 4. The molecule has 0 unspecified atom stereocenters. The van der Waals surface area contributed by atoms with E-state index in [0.717, 1.165) is 16.6 Å². The molecule has 3 aromatic heterocycles. The Labute approximate surface area is 172 Å². The highest BCUT2D eigenvalue weighted by Gasteiger charge is 2.17. The van der Waals surface area contributed by atoms with Crippen LogP contribution in [-0.4, -0.2) is 20.4 Å². The average molecular weight is 402 g/mol. The minimum atomic E-state index is -0.504. The lowest BCUT2D eigenvalue weighted by Crippen LogP contribution is -2.24. The molecule has 7 heteroatoms. The Morgan fingerprint density at radius 1 is 1.07 bits per heavy atom. The fraction of sp³-hybridized carbons (Fsp3) is 0.217. The van der Waals surface area contributed by atoms with Crippen LogP contribution in [0.1, 0.15) is 34.1 Å². The van der Waals surface area contributed by atoms with Gasteiger partial charge in [0.15, 0.2) is 0 Å². The summed E-state index contributed by atoms with van der Waals surface area (Å²) in [6.45, 7) is 8.03. The molecule has 4 aromatic rings. The van der Waals surface area contributed by atoms with Gasteiger partial charge in [0, 0.05) is 35.1 Å². The summed E-state index contributed by atoms with van der Waals surface area (Å²) in [7, 11) is 0. The summed E-state index contributed by atoms with van der Waals surface area (Å²) >= 11 is 0. The molecule has 4 rings (SSSR count). The predicted octanol–water partition coefficient (Wildman–Crippen LogP) is 3.44. The van der Waals surface area contributed by atoms with Crippen LogP contribution >= 0.6 is 0 Å². The predicted molar refractivity (Wildman–Crippen MR) is 118 cm³/mol. The largest absolute Gasteiger partial charge is 0.332 e. The average Bonchev–Trinajstić information content (AvgIpc) is 2.72. The highest BCUT2D eigenvalue weighted by molar-refractivity contribution is 6.06. The summed E-state index contributed by atoms with van der Waals surface area (Å²) in [5, 5.41) is 4.09. The molecule has 0 atom stereocenters. The van der Waals surface area contributed by atoms with Crippen LogP contribution < -0.4 is 16.3 Å². The van der Waals surface area contributed by atoms with Crippen molar-refractivity contribution in [3.8, 4) is 0 Å². The van der Waals surface area contributed by atoms with Crippen LogP contribution in [-0.2, 0) is 6.54 Å². The zero-order chi connectivity index (χ0) is 21.6. The van der Waals surface area contributed by atoms with Gasteiger partial charge in [0.1, 0.15) is 11.2 Å². The molecule has 0 aliphatic rings. The van der Waals surface area contributed by atoms with Crippen molar-refractivity contribution in [3.63, 3.8) is 0 Å². The molecule has 2 N–H and O–H groups in total. The fourth-order valence-electron chi connectivity index (χ4n) is 3.60. The first-order valence-electron chi connectivity index (χ1n) is 9.75. The van der Waals surface area contributed by atoms with Crippen molar-refractivity contribution in [2.75, 3.05) is 5.32 Å². The van der Waals surface area contributed by atoms with Crippen LogP contribution in [0.15, 0.2) is 46.1 Å². The van der Waals surface area contributed by atoms with Gasteiger partial charge >= 0.3 is 0 Å². The number of carbonyl (C=O) groups excluding carboxylic acids is 1.